The zero-order valence-electron chi connectivity index (χ0n) is 13.0. The van der Waals surface area contributed by atoms with Gasteiger partial charge in [-0.25, -0.2) is 0 Å². The lowest BCUT2D eigenvalue weighted by Gasteiger charge is -2.36. The van der Waals surface area contributed by atoms with E-state index in [9.17, 15) is 0 Å². The monoisotopic (exact) mass is 269 g/mol. The zero-order chi connectivity index (χ0) is 14.3. The van der Waals surface area contributed by atoms with Crippen molar-refractivity contribution in [2.24, 2.45) is 28.0 Å². The van der Waals surface area contributed by atoms with Gasteiger partial charge in [0.2, 0.25) is 0 Å². The zero-order valence-corrected chi connectivity index (χ0v) is 13.0. The van der Waals surface area contributed by atoms with Gasteiger partial charge >= 0.3 is 0 Å². The molecule has 4 heteroatoms. The molecule has 0 unspecified atom stereocenters. The molecule has 0 atom stereocenters. The number of rotatable bonds is 5. The fourth-order valence-corrected chi connectivity index (χ4v) is 2.78. The van der Waals surface area contributed by atoms with Crippen molar-refractivity contribution in [2.45, 2.75) is 46.5 Å². The minimum atomic E-state index is 0.453. The molecule has 0 amide bonds. The van der Waals surface area contributed by atoms with Crippen molar-refractivity contribution in [2.75, 3.05) is 26.8 Å². The van der Waals surface area contributed by atoms with Crippen LogP contribution < -0.4 is 11.1 Å². The Labute approximate surface area is 118 Å². The van der Waals surface area contributed by atoms with Gasteiger partial charge in [-0.05, 0) is 42.9 Å². The molecule has 0 bridgehead atoms. The van der Waals surface area contributed by atoms with E-state index in [1.807, 2.05) is 0 Å². The molecule has 0 radical (unpaired) electrons. The van der Waals surface area contributed by atoms with Gasteiger partial charge in [-0.1, -0.05) is 20.8 Å². The topological polar surface area (TPSA) is 59.6 Å². The van der Waals surface area contributed by atoms with Crippen LogP contribution in [0.4, 0.5) is 0 Å². The number of nitrogens with one attached hydrogen (secondary N) is 1. The second-order valence-electron chi connectivity index (χ2n) is 6.73. The normalized spacial score (nSPS) is 25.4. The standard InChI is InChI=1S/C15H31N3O/c1-15(2,3)13-7-5-12(6-8-13)11-18-14(16)17-9-10-19-4/h12-13H,5-11H2,1-4H3,(H3,16,17,18). The third-order valence-corrected chi connectivity index (χ3v) is 4.20. The highest BCUT2D eigenvalue weighted by Gasteiger charge is 2.29. The summed E-state index contributed by atoms with van der Waals surface area (Å²) in [7, 11) is 1.68. The van der Waals surface area contributed by atoms with E-state index in [4.69, 9.17) is 10.5 Å². The minimum absolute atomic E-state index is 0.453. The maximum Gasteiger partial charge on any atom is 0.188 e. The molecule has 1 saturated carbocycles. The van der Waals surface area contributed by atoms with E-state index < -0.39 is 0 Å². The quantitative estimate of drug-likeness (QED) is 0.458. The largest absolute Gasteiger partial charge is 0.383 e. The van der Waals surface area contributed by atoms with Gasteiger partial charge in [0.25, 0.3) is 0 Å². The molecule has 112 valence electrons. The van der Waals surface area contributed by atoms with Crippen molar-refractivity contribution in [3.63, 3.8) is 0 Å². The van der Waals surface area contributed by atoms with Crippen LogP contribution in [0, 0.1) is 17.3 Å². The molecule has 1 aliphatic carbocycles. The summed E-state index contributed by atoms with van der Waals surface area (Å²) in [6, 6.07) is 0. The van der Waals surface area contributed by atoms with Crippen molar-refractivity contribution >= 4 is 5.96 Å². The summed E-state index contributed by atoms with van der Waals surface area (Å²) in [5.41, 5.74) is 6.26. The first kappa shape index (κ1) is 16.3. The predicted molar refractivity (Wildman–Crippen MR) is 81.3 cm³/mol. The molecule has 0 aromatic heterocycles. The second kappa shape index (κ2) is 7.73. The Balaban J connectivity index is 2.24. The molecule has 1 fully saturated rings. The molecule has 0 aliphatic heterocycles. The molecule has 3 N–H and O–H groups in total. The first-order chi connectivity index (χ1) is 8.93. The Morgan fingerprint density at radius 3 is 2.42 bits per heavy atom. The lowest BCUT2D eigenvalue weighted by Crippen LogP contribution is -2.35. The van der Waals surface area contributed by atoms with Gasteiger partial charge in [0.1, 0.15) is 0 Å². The van der Waals surface area contributed by atoms with Crippen LogP contribution in [0.1, 0.15) is 46.5 Å². The Morgan fingerprint density at radius 1 is 1.26 bits per heavy atom. The number of guanidine groups is 1. The number of hydrogen-bond donors (Lipinski definition) is 2. The third-order valence-electron chi connectivity index (χ3n) is 4.20. The van der Waals surface area contributed by atoms with E-state index in [1.165, 1.54) is 25.7 Å². The lowest BCUT2D eigenvalue weighted by molar-refractivity contribution is 0.152. The van der Waals surface area contributed by atoms with E-state index in [2.05, 4.69) is 31.1 Å². The van der Waals surface area contributed by atoms with Gasteiger partial charge in [-0.2, -0.15) is 0 Å². The van der Waals surface area contributed by atoms with Crippen LogP contribution in [0.2, 0.25) is 0 Å². The van der Waals surface area contributed by atoms with Crippen LogP contribution in [0.3, 0.4) is 0 Å². The number of ether oxygens (including phenoxy) is 1. The van der Waals surface area contributed by atoms with Gasteiger partial charge in [0.05, 0.1) is 6.61 Å². The smallest absolute Gasteiger partial charge is 0.188 e. The summed E-state index contributed by atoms with van der Waals surface area (Å²) in [4.78, 5) is 4.43. The third kappa shape index (κ3) is 6.28. The highest BCUT2D eigenvalue weighted by atomic mass is 16.5. The molecule has 0 heterocycles. The molecule has 1 rings (SSSR count). The molecule has 1 aliphatic rings. The lowest BCUT2D eigenvalue weighted by atomic mass is 9.70. The maximum atomic E-state index is 5.81. The Hall–Kier alpha value is -0.770. The predicted octanol–water partition coefficient (Wildman–Crippen LogP) is 2.39. The highest BCUT2D eigenvalue weighted by Crippen LogP contribution is 2.39. The fourth-order valence-electron chi connectivity index (χ4n) is 2.78. The number of nitrogens with two attached hydrogens (primary N) is 1. The molecule has 19 heavy (non-hydrogen) atoms. The molecule has 0 spiro atoms. The van der Waals surface area contributed by atoms with Crippen LogP contribution in [0.25, 0.3) is 0 Å². The second-order valence-corrected chi connectivity index (χ2v) is 6.73. The van der Waals surface area contributed by atoms with Crippen molar-refractivity contribution in [1.29, 1.82) is 0 Å². The number of nitrogens with zero attached hydrogens (tertiary/aromatic N) is 1. The average molecular weight is 269 g/mol. The van der Waals surface area contributed by atoms with E-state index >= 15 is 0 Å². The first-order valence-corrected chi connectivity index (χ1v) is 7.46. The van der Waals surface area contributed by atoms with Gasteiger partial charge in [0, 0.05) is 20.2 Å². The number of aliphatic imine (C=N–C) groups is 1. The molecule has 4 nitrogen and oxygen atoms in total. The number of hydrogen-bond acceptors (Lipinski definition) is 2. The molecular weight excluding hydrogens is 238 g/mol. The first-order valence-electron chi connectivity index (χ1n) is 7.46. The van der Waals surface area contributed by atoms with E-state index in [-0.39, 0.29) is 0 Å². The average Bonchev–Trinajstić information content (AvgIpc) is 2.36. The maximum absolute atomic E-state index is 5.81. The minimum Gasteiger partial charge on any atom is -0.383 e. The van der Waals surface area contributed by atoms with E-state index in [1.54, 1.807) is 7.11 Å². The Kier molecular flexibility index (Phi) is 6.63. The van der Waals surface area contributed by atoms with Crippen LogP contribution in [-0.4, -0.2) is 32.8 Å². The SMILES string of the molecule is COCCNC(N)=NCC1CCC(C(C)(C)C)CC1. The van der Waals surface area contributed by atoms with Crippen LogP contribution in [0.5, 0.6) is 0 Å². The molecular formula is C15H31N3O. The van der Waals surface area contributed by atoms with E-state index in [0.717, 1.165) is 19.0 Å². The molecule has 0 saturated heterocycles. The van der Waals surface area contributed by atoms with Crippen molar-refractivity contribution < 1.29 is 4.74 Å². The van der Waals surface area contributed by atoms with E-state index in [0.29, 0.717) is 23.9 Å². The van der Waals surface area contributed by atoms with Crippen LogP contribution in [0.15, 0.2) is 4.99 Å². The molecule has 0 aromatic rings. The van der Waals surface area contributed by atoms with Crippen molar-refractivity contribution in [1.82, 2.24) is 5.32 Å². The summed E-state index contributed by atoms with van der Waals surface area (Å²) in [6.45, 7) is 9.31. The molecule has 0 aromatic carbocycles. The van der Waals surface area contributed by atoms with Crippen molar-refractivity contribution in [3.8, 4) is 0 Å². The summed E-state index contributed by atoms with van der Waals surface area (Å²) in [6.07, 6.45) is 5.25. The number of methoxy groups -OCH3 is 1. The summed E-state index contributed by atoms with van der Waals surface area (Å²) >= 11 is 0. The van der Waals surface area contributed by atoms with Crippen LogP contribution >= 0.6 is 0 Å². The summed E-state index contributed by atoms with van der Waals surface area (Å²) in [5, 5.41) is 3.06. The highest BCUT2D eigenvalue weighted by molar-refractivity contribution is 5.77. The van der Waals surface area contributed by atoms with Gasteiger partial charge < -0.3 is 15.8 Å². The van der Waals surface area contributed by atoms with Crippen molar-refractivity contribution in [3.05, 3.63) is 0 Å². The Bertz CT molecular complexity index is 276. The van der Waals surface area contributed by atoms with Crippen LogP contribution in [-0.2, 0) is 4.74 Å². The fraction of sp³-hybridized carbons (Fsp3) is 0.933. The Morgan fingerprint density at radius 2 is 1.89 bits per heavy atom. The summed E-state index contributed by atoms with van der Waals surface area (Å²) < 4.78 is 4.96. The van der Waals surface area contributed by atoms with Gasteiger partial charge in [-0.3, -0.25) is 4.99 Å². The van der Waals surface area contributed by atoms with Gasteiger partial charge in [0.15, 0.2) is 5.96 Å². The summed E-state index contributed by atoms with van der Waals surface area (Å²) in [5.74, 6) is 2.13. The van der Waals surface area contributed by atoms with Gasteiger partial charge in [-0.15, -0.1) is 0 Å².